The van der Waals surface area contributed by atoms with E-state index in [1.807, 2.05) is 0 Å². The standard InChI is InChI=1S/C49H34N2/c1-49(2)43-21-11-20-40(47(43)42-28-35-16-7-8-17-36(35)29-44(42)49)39-18-9-10-19-41(39)48-50-45(37-24-22-31-12-3-5-14-33(31)26-37)30-46(51-48)38-25-23-32-13-4-6-15-34(32)27-38/h3-30H,1-2H3. The lowest BCUT2D eigenvalue weighted by Crippen LogP contribution is -2.14. The molecule has 2 heteroatoms. The fraction of sp³-hybridized carbons (Fsp3) is 0.0612. The molecule has 0 aliphatic heterocycles. The van der Waals surface area contributed by atoms with Gasteiger partial charge in [-0.25, -0.2) is 9.97 Å². The summed E-state index contributed by atoms with van der Waals surface area (Å²) in [7, 11) is 0. The zero-order chi connectivity index (χ0) is 34.1. The lowest BCUT2D eigenvalue weighted by atomic mass is 9.81. The van der Waals surface area contributed by atoms with Gasteiger partial charge >= 0.3 is 0 Å². The molecule has 240 valence electrons. The molecule has 0 unspecified atom stereocenters. The summed E-state index contributed by atoms with van der Waals surface area (Å²) < 4.78 is 0. The molecule has 8 aromatic carbocycles. The van der Waals surface area contributed by atoms with Gasteiger partial charge < -0.3 is 0 Å². The van der Waals surface area contributed by atoms with Crippen LogP contribution in [0.5, 0.6) is 0 Å². The Bertz CT molecular complexity index is 2750. The molecule has 10 rings (SSSR count). The minimum atomic E-state index is -0.130. The van der Waals surface area contributed by atoms with Crippen molar-refractivity contribution in [3.05, 3.63) is 181 Å². The third-order valence-electron chi connectivity index (χ3n) is 10.8. The second-order valence-corrected chi connectivity index (χ2v) is 14.2. The molecular weight excluding hydrogens is 617 g/mol. The zero-order valence-corrected chi connectivity index (χ0v) is 28.6. The van der Waals surface area contributed by atoms with Crippen molar-refractivity contribution in [2.24, 2.45) is 0 Å². The number of benzene rings is 8. The fourth-order valence-electron chi connectivity index (χ4n) is 8.17. The minimum Gasteiger partial charge on any atom is -0.228 e. The number of fused-ring (bicyclic) bond motifs is 6. The molecule has 1 aromatic heterocycles. The highest BCUT2D eigenvalue weighted by molar-refractivity contribution is 6.00. The van der Waals surface area contributed by atoms with Gasteiger partial charge in [0.05, 0.1) is 11.4 Å². The molecule has 2 nitrogen and oxygen atoms in total. The molecule has 1 aliphatic rings. The van der Waals surface area contributed by atoms with Crippen LogP contribution >= 0.6 is 0 Å². The van der Waals surface area contributed by atoms with E-state index in [1.54, 1.807) is 0 Å². The van der Waals surface area contributed by atoms with E-state index >= 15 is 0 Å². The highest BCUT2D eigenvalue weighted by atomic mass is 14.9. The van der Waals surface area contributed by atoms with Gasteiger partial charge in [0, 0.05) is 22.1 Å². The molecule has 0 radical (unpaired) electrons. The van der Waals surface area contributed by atoms with E-state index in [1.165, 1.54) is 60.1 Å². The summed E-state index contributed by atoms with van der Waals surface area (Å²) in [5.41, 5.74) is 12.5. The van der Waals surface area contributed by atoms with E-state index in [0.29, 0.717) is 5.82 Å². The predicted octanol–water partition coefficient (Wildman–Crippen LogP) is 12.9. The van der Waals surface area contributed by atoms with Gasteiger partial charge in [0.2, 0.25) is 0 Å². The fourth-order valence-corrected chi connectivity index (χ4v) is 8.17. The van der Waals surface area contributed by atoms with Crippen molar-refractivity contribution in [1.29, 1.82) is 0 Å². The van der Waals surface area contributed by atoms with Gasteiger partial charge in [0.25, 0.3) is 0 Å². The Labute approximate surface area is 297 Å². The molecule has 1 aliphatic carbocycles. The Morgan fingerprint density at radius 2 is 0.843 bits per heavy atom. The van der Waals surface area contributed by atoms with Crippen LogP contribution in [0.3, 0.4) is 0 Å². The van der Waals surface area contributed by atoms with Crippen LogP contribution in [0, 0.1) is 0 Å². The number of aromatic nitrogens is 2. The Morgan fingerprint density at radius 1 is 0.353 bits per heavy atom. The molecule has 0 fully saturated rings. The zero-order valence-electron chi connectivity index (χ0n) is 28.6. The lowest BCUT2D eigenvalue weighted by Gasteiger charge is -2.22. The molecule has 0 saturated carbocycles. The van der Waals surface area contributed by atoms with Crippen LogP contribution in [-0.2, 0) is 5.41 Å². The minimum absolute atomic E-state index is 0.130. The van der Waals surface area contributed by atoms with E-state index < -0.39 is 0 Å². The van der Waals surface area contributed by atoms with Crippen molar-refractivity contribution in [3.63, 3.8) is 0 Å². The van der Waals surface area contributed by atoms with Crippen molar-refractivity contribution in [2.75, 3.05) is 0 Å². The summed E-state index contributed by atoms with van der Waals surface area (Å²) in [6.07, 6.45) is 0. The first-order valence-corrected chi connectivity index (χ1v) is 17.7. The van der Waals surface area contributed by atoms with Crippen molar-refractivity contribution < 1.29 is 0 Å². The summed E-state index contributed by atoms with van der Waals surface area (Å²) >= 11 is 0. The molecule has 0 N–H and O–H groups in total. The van der Waals surface area contributed by atoms with Gasteiger partial charge in [-0.15, -0.1) is 0 Å². The molecule has 51 heavy (non-hydrogen) atoms. The average Bonchev–Trinajstić information content (AvgIpc) is 3.41. The monoisotopic (exact) mass is 650 g/mol. The summed E-state index contributed by atoms with van der Waals surface area (Å²) in [6, 6.07) is 61.3. The second-order valence-electron chi connectivity index (χ2n) is 14.2. The summed E-state index contributed by atoms with van der Waals surface area (Å²) in [5, 5.41) is 7.34. The highest BCUT2D eigenvalue weighted by Crippen LogP contribution is 2.53. The molecular formula is C49H34N2. The molecule has 9 aromatic rings. The normalized spacial score (nSPS) is 13.1. The number of hydrogen-bond acceptors (Lipinski definition) is 2. The maximum atomic E-state index is 5.35. The Balaban J connectivity index is 1.21. The SMILES string of the molecule is CC1(C)c2cc3ccccc3cc2-c2c(-c3ccccc3-c3nc(-c4ccc5ccccc5c4)cc(-c4ccc5ccccc5c4)n3)cccc21. The van der Waals surface area contributed by atoms with E-state index in [4.69, 9.17) is 9.97 Å². The molecule has 0 saturated heterocycles. The maximum absolute atomic E-state index is 5.35. The van der Waals surface area contributed by atoms with Crippen LogP contribution in [0.25, 0.3) is 88.5 Å². The Kier molecular flexibility index (Phi) is 6.56. The van der Waals surface area contributed by atoms with Crippen LogP contribution in [-0.4, -0.2) is 9.97 Å². The van der Waals surface area contributed by atoms with E-state index in [-0.39, 0.29) is 5.41 Å². The molecule has 0 bridgehead atoms. The Morgan fingerprint density at radius 3 is 1.45 bits per heavy atom. The third kappa shape index (κ3) is 4.79. The first-order valence-electron chi connectivity index (χ1n) is 17.7. The second kappa shape index (κ2) is 11.3. The first-order chi connectivity index (χ1) is 25.0. The maximum Gasteiger partial charge on any atom is 0.161 e. The summed E-state index contributed by atoms with van der Waals surface area (Å²) in [4.78, 5) is 10.7. The highest BCUT2D eigenvalue weighted by Gasteiger charge is 2.37. The van der Waals surface area contributed by atoms with Gasteiger partial charge in [0.1, 0.15) is 0 Å². The summed E-state index contributed by atoms with van der Waals surface area (Å²) in [5.74, 6) is 0.716. The summed E-state index contributed by atoms with van der Waals surface area (Å²) in [6.45, 7) is 4.71. The smallest absolute Gasteiger partial charge is 0.161 e. The molecule has 0 atom stereocenters. The van der Waals surface area contributed by atoms with Crippen LogP contribution < -0.4 is 0 Å². The van der Waals surface area contributed by atoms with Crippen molar-refractivity contribution in [3.8, 4) is 56.2 Å². The van der Waals surface area contributed by atoms with E-state index in [2.05, 4.69) is 184 Å². The van der Waals surface area contributed by atoms with Crippen molar-refractivity contribution in [2.45, 2.75) is 19.3 Å². The van der Waals surface area contributed by atoms with Gasteiger partial charge in [0.15, 0.2) is 5.82 Å². The topological polar surface area (TPSA) is 25.8 Å². The van der Waals surface area contributed by atoms with E-state index in [0.717, 1.165) is 33.6 Å². The van der Waals surface area contributed by atoms with Gasteiger partial charge in [-0.1, -0.05) is 153 Å². The molecule has 0 spiro atoms. The number of hydrogen-bond donors (Lipinski definition) is 0. The van der Waals surface area contributed by atoms with Gasteiger partial charge in [-0.3, -0.25) is 0 Å². The lowest BCUT2D eigenvalue weighted by molar-refractivity contribution is 0.661. The molecule has 1 heterocycles. The number of nitrogens with zero attached hydrogens (tertiary/aromatic N) is 2. The van der Waals surface area contributed by atoms with Crippen molar-refractivity contribution in [1.82, 2.24) is 9.97 Å². The van der Waals surface area contributed by atoms with E-state index in [9.17, 15) is 0 Å². The quantitative estimate of drug-likeness (QED) is 0.189. The first kappa shape index (κ1) is 29.5. The molecule has 0 amide bonds. The van der Waals surface area contributed by atoms with Crippen LogP contribution in [0.2, 0.25) is 0 Å². The largest absolute Gasteiger partial charge is 0.228 e. The predicted molar refractivity (Wildman–Crippen MR) is 214 cm³/mol. The average molecular weight is 651 g/mol. The van der Waals surface area contributed by atoms with Crippen LogP contribution in [0.1, 0.15) is 25.0 Å². The number of rotatable bonds is 4. The third-order valence-corrected chi connectivity index (χ3v) is 10.8. The van der Waals surface area contributed by atoms with Crippen LogP contribution in [0.4, 0.5) is 0 Å². The van der Waals surface area contributed by atoms with Crippen molar-refractivity contribution >= 4 is 32.3 Å². The van der Waals surface area contributed by atoms with Gasteiger partial charge in [-0.2, -0.15) is 0 Å². The van der Waals surface area contributed by atoms with Gasteiger partial charge in [-0.05, 0) is 96.0 Å². The Hall–Kier alpha value is -6.38. The van der Waals surface area contributed by atoms with Crippen LogP contribution in [0.15, 0.2) is 170 Å².